The van der Waals surface area contributed by atoms with Gasteiger partial charge in [-0.05, 0) is 30.0 Å². The summed E-state index contributed by atoms with van der Waals surface area (Å²) in [7, 11) is 0. The molecule has 0 heterocycles. The molecule has 0 saturated heterocycles. The minimum atomic E-state index is -0.566. The highest BCUT2D eigenvalue weighted by Gasteiger charge is 2.19. The predicted octanol–water partition coefficient (Wildman–Crippen LogP) is 1.03. The van der Waals surface area contributed by atoms with Gasteiger partial charge in [-0.15, -0.1) is 0 Å². The van der Waals surface area contributed by atoms with Crippen LogP contribution in [0.3, 0.4) is 0 Å². The van der Waals surface area contributed by atoms with Gasteiger partial charge in [0.15, 0.2) is 0 Å². The van der Waals surface area contributed by atoms with Crippen LogP contribution in [0, 0.1) is 0 Å². The van der Waals surface area contributed by atoms with Gasteiger partial charge in [0.2, 0.25) is 0 Å². The fourth-order valence-corrected chi connectivity index (χ4v) is 2.02. The molecule has 1 aromatic carbocycles. The Bertz CT molecular complexity index is 390. The van der Waals surface area contributed by atoms with E-state index in [2.05, 4.69) is 5.32 Å². The van der Waals surface area contributed by atoms with Crippen LogP contribution in [0.5, 0.6) is 0 Å². The Morgan fingerprint density at radius 2 is 2.33 bits per heavy atom. The van der Waals surface area contributed by atoms with Crippen LogP contribution in [0.1, 0.15) is 17.5 Å². The van der Waals surface area contributed by atoms with E-state index in [-0.39, 0.29) is 6.10 Å². The number of nitrogens with two attached hydrogens (primary N) is 1. The van der Waals surface area contributed by atoms with Crippen LogP contribution in [-0.4, -0.2) is 17.2 Å². The van der Waals surface area contributed by atoms with Crippen LogP contribution >= 0.6 is 0 Å². The van der Waals surface area contributed by atoms with Gasteiger partial charge in [-0.2, -0.15) is 0 Å². The topological polar surface area (TPSA) is 75.4 Å². The van der Waals surface area contributed by atoms with Crippen molar-refractivity contribution < 1.29 is 9.90 Å². The van der Waals surface area contributed by atoms with Crippen molar-refractivity contribution in [1.29, 1.82) is 0 Å². The number of benzene rings is 1. The van der Waals surface area contributed by atoms with Crippen molar-refractivity contribution in [2.24, 2.45) is 5.73 Å². The minimum absolute atomic E-state index is 0.312. The highest BCUT2D eigenvalue weighted by molar-refractivity contribution is 5.89. The lowest BCUT2D eigenvalue weighted by atomic mass is 9.88. The van der Waals surface area contributed by atoms with Crippen LogP contribution in [0.2, 0.25) is 0 Å². The summed E-state index contributed by atoms with van der Waals surface area (Å²) in [6, 6.07) is 5.15. The standard InChI is InChI=1S/C11H14N2O2/c12-11(15)13-10-3-1-2-7-4-5-8(14)6-9(7)10/h1-3,8,14H,4-6H2,(H3,12,13,15)/t8-/m1/s1. The molecule has 0 bridgehead atoms. The number of fused-ring (bicyclic) bond motifs is 1. The second kappa shape index (κ2) is 3.90. The largest absolute Gasteiger partial charge is 0.393 e. The molecule has 80 valence electrons. The smallest absolute Gasteiger partial charge is 0.316 e. The molecule has 0 saturated carbocycles. The number of carbonyl (C=O) groups excluding carboxylic acids is 1. The molecule has 0 aromatic heterocycles. The third-order valence-corrected chi connectivity index (χ3v) is 2.72. The van der Waals surface area contributed by atoms with E-state index in [4.69, 9.17) is 5.73 Å². The zero-order valence-corrected chi connectivity index (χ0v) is 8.36. The average molecular weight is 206 g/mol. The first-order valence-corrected chi connectivity index (χ1v) is 5.02. The molecular formula is C11H14N2O2. The van der Waals surface area contributed by atoms with Crippen LogP contribution < -0.4 is 11.1 Å². The van der Waals surface area contributed by atoms with E-state index in [1.165, 1.54) is 5.56 Å². The van der Waals surface area contributed by atoms with Gasteiger partial charge in [0.25, 0.3) is 0 Å². The molecule has 4 heteroatoms. The second-order valence-corrected chi connectivity index (χ2v) is 3.83. The van der Waals surface area contributed by atoms with E-state index in [0.29, 0.717) is 6.42 Å². The third-order valence-electron chi connectivity index (χ3n) is 2.72. The van der Waals surface area contributed by atoms with Crippen LogP contribution in [0.15, 0.2) is 18.2 Å². The molecule has 0 radical (unpaired) electrons. The van der Waals surface area contributed by atoms with Crippen LogP contribution in [-0.2, 0) is 12.8 Å². The Morgan fingerprint density at radius 1 is 1.53 bits per heavy atom. The molecule has 1 aromatic rings. The molecule has 2 amide bonds. The van der Waals surface area contributed by atoms with Crippen molar-refractivity contribution >= 4 is 11.7 Å². The first kappa shape index (κ1) is 9.98. The number of rotatable bonds is 1. The number of anilines is 1. The summed E-state index contributed by atoms with van der Waals surface area (Å²) in [6.45, 7) is 0. The number of urea groups is 1. The summed E-state index contributed by atoms with van der Waals surface area (Å²) in [5, 5.41) is 12.2. The lowest BCUT2D eigenvalue weighted by molar-refractivity contribution is 0.159. The number of hydrogen-bond acceptors (Lipinski definition) is 2. The molecule has 1 atom stereocenters. The van der Waals surface area contributed by atoms with Gasteiger partial charge in [-0.25, -0.2) is 4.79 Å². The maximum absolute atomic E-state index is 10.8. The number of hydrogen-bond donors (Lipinski definition) is 3. The number of nitrogens with one attached hydrogen (secondary N) is 1. The van der Waals surface area contributed by atoms with Gasteiger partial charge in [-0.3, -0.25) is 0 Å². The molecule has 0 unspecified atom stereocenters. The van der Waals surface area contributed by atoms with Crippen molar-refractivity contribution in [2.45, 2.75) is 25.4 Å². The minimum Gasteiger partial charge on any atom is -0.393 e. The Hall–Kier alpha value is -1.55. The number of amides is 2. The number of carbonyl (C=O) groups is 1. The Balaban J connectivity index is 2.35. The average Bonchev–Trinajstić information content (AvgIpc) is 2.18. The van der Waals surface area contributed by atoms with Crippen molar-refractivity contribution in [3.8, 4) is 0 Å². The lowest BCUT2D eigenvalue weighted by Gasteiger charge is -2.23. The molecule has 2 rings (SSSR count). The molecule has 15 heavy (non-hydrogen) atoms. The maximum Gasteiger partial charge on any atom is 0.316 e. The Kier molecular flexibility index (Phi) is 2.60. The van der Waals surface area contributed by atoms with Crippen LogP contribution in [0.25, 0.3) is 0 Å². The van der Waals surface area contributed by atoms with Gasteiger partial charge in [0.1, 0.15) is 0 Å². The molecular weight excluding hydrogens is 192 g/mol. The van der Waals surface area contributed by atoms with E-state index in [9.17, 15) is 9.90 Å². The predicted molar refractivity (Wildman–Crippen MR) is 57.7 cm³/mol. The highest BCUT2D eigenvalue weighted by Crippen LogP contribution is 2.27. The van der Waals surface area contributed by atoms with E-state index in [0.717, 1.165) is 24.1 Å². The third kappa shape index (κ3) is 2.10. The van der Waals surface area contributed by atoms with Crippen molar-refractivity contribution in [3.05, 3.63) is 29.3 Å². The molecule has 0 aliphatic heterocycles. The van der Waals surface area contributed by atoms with Gasteiger partial charge < -0.3 is 16.2 Å². The summed E-state index contributed by atoms with van der Waals surface area (Å²) < 4.78 is 0. The molecule has 0 fully saturated rings. The van der Waals surface area contributed by atoms with Gasteiger partial charge in [0.05, 0.1) is 6.10 Å². The normalized spacial score (nSPS) is 19.4. The van der Waals surface area contributed by atoms with Crippen LogP contribution in [0.4, 0.5) is 10.5 Å². The number of aryl methyl sites for hydroxylation is 1. The first-order valence-electron chi connectivity index (χ1n) is 5.02. The molecule has 1 aliphatic rings. The zero-order chi connectivity index (χ0) is 10.8. The maximum atomic E-state index is 10.8. The second-order valence-electron chi connectivity index (χ2n) is 3.83. The SMILES string of the molecule is NC(=O)Nc1cccc2c1C[C@H](O)CC2. The quantitative estimate of drug-likeness (QED) is 0.641. The van der Waals surface area contributed by atoms with E-state index < -0.39 is 6.03 Å². The number of aliphatic hydroxyl groups is 1. The summed E-state index contributed by atoms with van der Waals surface area (Å²) >= 11 is 0. The van der Waals surface area contributed by atoms with Crippen molar-refractivity contribution in [1.82, 2.24) is 0 Å². The molecule has 0 spiro atoms. The Morgan fingerprint density at radius 3 is 3.07 bits per heavy atom. The van der Waals surface area contributed by atoms with Gasteiger partial charge >= 0.3 is 6.03 Å². The van der Waals surface area contributed by atoms with Gasteiger partial charge in [0, 0.05) is 12.1 Å². The van der Waals surface area contributed by atoms with E-state index in [1.54, 1.807) is 0 Å². The highest BCUT2D eigenvalue weighted by atomic mass is 16.3. The summed E-state index contributed by atoms with van der Waals surface area (Å²) in [6.07, 6.45) is 1.91. The zero-order valence-electron chi connectivity index (χ0n) is 8.36. The lowest BCUT2D eigenvalue weighted by Crippen LogP contribution is -2.24. The Labute approximate surface area is 88.1 Å². The fourth-order valence-electron chi connectivity index (χ4n) is 2.02. The van der Waals surface area contributed by atoms with Crippen molar-refractivity contribution in [2.75, 3.05) is 5.32 Å². The monoisotopic (exact) mass is 206 g/mol. The number of primary amides is 1. The fraction of sp³-hybridized carbons (Fsp3) is 0.364. The molecule has 4 N–H and O–H groups in total. The summed E-state index contributed by atoms with van der Waals surface area (Å²) in [5.41, 5.74) is 8.00. The summed E-state index contributed by atoms with van der Waals surface area (Å²) in [5.74, 6) is 0. The molecule has 4 nitrogen and oxygen atoms in total. The van der Waals surface area contributed by atoms with Crippen molar-refractivity contribution in [3.63, 3.8) is 0 Å². The molecule has 1 aliphatic carbocycles. The summed E-state index contributed by atoms with van der Waals surface area (Å²) in [4.78, 5) is 10.8. The number of aliphatic hydroxyl groups excluding tert-OH is 1. The van der Waals surface area contributed by atoms with E-state index >= 15 is 0 Å². The van der Waals surface area contributed by atoms with E-state index in [1.807, 2.05) is 18.2 Å². The van der Waals surface area contributed by atoms with Gasteiger partial charge in [-0.1, -0.05) is 12.1 Å². The first-order chi connectivity index (χ1) is 7.16.